The number of carbonyl (C=O) groups excluding carboxylic acids is 1. The lowest BCUT2D eigenvalue weighted by Gasteiger charge is -2.40. The molecule has 0 aliphatic carbocycles. The van der Waals surface area contributed by atoms with Crippen LogP contribution in [-0.2, 0) is 4.79 Å². The van der Waals surface area contributed by atoms with Crippen LogP contribution in [0.1, 0.15) is 20.8 Å². The molecule has 16 heavy (non-hydrogen) atoms. The smallest absolute Gasteiger partial charge is 0.251 e. The summed E-state index contributed by atoms with van der Waals surface area (Å²) in [4.78, 5) is 18.0. The predicted octanol–water partition coefficient (Wildman–Crippen LogP) is 1.21. The molecule has 0 aromatic heterocycles. The largest absolute Gasteiger partial charge is 0.308 e. The SMILES string of the molecule is C=C(C)C(=O)N(C(C)N(C)C)C(C)N(C)C. The molecule has 0 radical (unpaired) electrons. The molecule has 0 N–H and O–H groups in total. The molecule has 0 saturated heterocycles. The summed E-state index contributed by atoms with van der Waals surface area (Å²) in [6.45, 7) is 9.51. The van der Waals surface area contributed by atoms with Crippen molar-refractivity contribution in [3.63, 3.8) is 0 Å². The van der Waals surface area contributed by atoms with E-state index in [1.807, 2.05) is 56.7 Å². The van der Waals surface area contributed by atoms with E-state index in [1.165, 1.54) is 0 Å². The van der Waals surface area contributed by atoms with E-state index in [2.05, 4.69) is 6.58 Å². The van der Waals surface area contributed by atoms with Crippen molar-refractivity contribution in [3.8, 4) is 0 Å². The summed E-state index contributed by atoms with van der Waals surface area (Å²) in [5.74, 6) is 0.00222. The van der Waals surface area contributed by atoms with Gasteiger partial charge in [-0.25, -0.2) is 0 Å². The Kier molecular flexibility index (Phi) is 5.68. The maximum Gasteiger partial charge on any atom is 0.251 e. The minimum absolute atomic E-state index is 0.00222. The van der Waals surface area contributed by atoms with Gasteiger partial charge in [0.25, 0.3) is 5.91 Å². The molecular formula is C12H25N3O. The van der Waals surface area contributed by atoms with Crippen LogP contribution in [-0.4, -0.2) is 61.1 Å². The third-order valence-corrected chi connectivity index (χ3v) is 2.90. The molecule has 1 amide bonds. The van der Waals surface area contributed by atoms with E-state index in [9.17, 15) is 4.79 Å². The Morgan fingerprint density at radius 3 is 1.50 bits per heavy atom. The summed E-state index contributed by atoms with van der Waals surface area (Å²) in [6, 6.07) is 0. The van der Waals surface area contributed by atoms with Gasteiger partial charge in [-0.2, -0.15) is 0 Å². The van der Waals surface area contributed by atoms with Crippen molar-refractivity contribution in [1.29, 1.82) is 0 Å². The number of nitrogens with zero attached hydrogens (tertiary/aromatic N) is 3. The summed E-state index contributed by atoms with van der Waals surface area (Å²) in [5.41, 5.74) is 0.572. The van der Waals surface area contributed by atoms with Gasteiger partial charge in [0.1, 0.15) is 0 Å². The zero-order valence-electron chi connectivity index (χ0n) is 11.6. The van der Waals surface area contributed by atoms with E-state index in [0.717, 1.165) is 0 Å². The van der Waals surface area contributed by atoms with Crippen LogP contribution in [0.25, 0.3) is 0 Å². The number of hydrogen-bond donors (Lipinski definition) is 0. The van der Waals surface area contributed by atoms with E-state index >= 15 is 0 Å². The van der Waals surface area contributed by atoms with Crippen molar-refractivity contribution < 1.29 is 4.79 Å². The summed E-state index contributed by atoms with van der Waals surface area (Å²) >= 11 is 0. The predicted molar refractivity (Wildman–Crippen MR) is 68.0 cm³/mol. The van der Waals surface area contributed by atoms with Crippen molar-refractivity contribution in [2.75, 3.05) is 28.2 Å². The first-order valence-corrected chi connectivity index (χ1v) is 5.51. The molecule has 0 aliphatic heterocycles. The molecule has 0 rings (SSSR count). The van der Waals surface area contributed by atoms with Gasteiger partial charge in [0, 0.05) is 5.57 Å². The highest BCUT2D eigenvalue weighted by Gasteiger charge is 2.27. The minimum Gasteiger partial charge on any atom is -0.308 e. The lowest BCUT2D eigenvalue weighted by atomic mass is 10.2. The Labute approximate surface area is 99.5 Å². The van der Waals surface area contributed by atoms with Gasteiger partial charge in [-0.3, -0.25) is 14.6 Å². The zero-order valence-corrected chi connectivity index (χ0v) is 11.6. The van der Waals surface area contributed by atoms with Crippen molar-refractivity contribution in [2.24, 2.45) is 0 Å². The Hall–Kier alpha value is -0.870. The van der Waals surface area contributed by atoms with E-state index in [1.54, 1.807) is 6.92 Å². The Morgan fingerprint density at radius 1 is 1.00 bits per heavy atom. The third-order valence-electron chi connectivity index (χ3n) is 2.90. The highest BCUT2D eigenvalue weighted by atomic mass is 16.2. The number of carbonyl (C=O) groups is 1. The van der Waals surface area contributed by atoms with E-state index in [4.69, 9.17) is 0 Å². The first-order chi connectivity index (χ1) is 7.20. The van der Waals surface area contributed by atoms with Crippen LogP contribution in [0.2, 0.25) is 0 Å². The van der Waals surface area contributed by atoms with Gasteiger partial charge in [-0.15, -0.1) is 0 Å². The van der Waals surface area contributed by atoms with Crippen molar-refractivity contribution >= 4 is 5.91 Å². The summed E-state index contributed by atoms with van der Waals surface area (Å²) < 4.78 is 0. The fourth-order valence-corrected chi connectivity index (χ4v) is 1.37. The first-order valence-electron chi connectivity index (χ1n) is 5.51. The van der Waals surface area contributed by atoms with Crippen molar-refractivity contribution in [1.82, 2.24) is 14.7 Å². The third kappa shape index (κ3) is 3.61. The van der Waals surface area contributed by atoms with Crippen LogP contribution in [0.3, 0.4) is 0 Å². The second-order valence-corrected chi connectivity index (χ2v) is 4.68. The lowest BCUT2D eigenvalue weighted by Crippen LogP contribution is -2.55. The van der Waals surface area contributed by atoms with Gasteiger partial charge >= 0.3 is 0 Å². The van der Waals surface area contributed by atoms with Crippen LogP contribution in [0, 0.1) is 0 Å². The summed E-state index contributed by atoms with van der Waals surface area (Å²) in [5, 5.41) is 0. The quantitative estimate of drug-likeness (QED) is 0.522. The Bertz CT molecular complexity index is 247. The fraction of sp³-hybridized carbons (Fsp3) is 0.750. The van der Waals surface area contributed by atoms with Crippen LogP contribution in [0.15, 0.2) is 12.2 Å². The monoisotopic (exact) mass is 227 g/mol. The minimum atomic E-state index is 0.00222. The van der Waals surface area contributed by atoms with Crippen LogP contribution in [0.5, 0.6) is 0 Å². The molecule has 0 bridgehead atoms. The van der Waals surface area contributed by atoms with E-state index in [-0.39, 0.29) is 18.2 Å². The Balaban J connectivity index is 5.05. The molecule has 2 atom stereocenters. The molecule has 0 aliphatic rings. The van der Waals surface area contributed by atoms with Crippen LogP contribution in [0.4, 0.5) is 0 Å². The highest BCUT2D eigenvalue weighted by molar-refractivity contribution is 5.92. The van der Waals surface area contributed by atoms with Crippen LogP contribution < -0.4 is 0 Å². The second-order valence-electron chi connectivity index (χ2n) is 4.68. The molecular weight excluding hydrogens is 202 g/mol. The number of amides is 1. The number of hydrogen-bond acceptors (Lipinski definition) is 3. The molecule has 4 nitrogen and oxygen atoms in total. The van der Waals surface area contributed by atoms with E-state index in [0.29, 0.717) is 5.57 Å². The van der Waals surface area contributed by atoms with Gasteiger partial charge in [0.05, 0.1) is 12.3 Å². The standard InChI is InChI=1S/C12H25N3O/c1-9(2)12(16)15(10(3)13(5)6)11(4)14(7)8/h10-11H,1H2,2-8H3. The molecule has 2 unspecified atom stereocenters. The zero-order chi connectivity index (χ0) is 13.0. The fourth-order valence-electron chi connectivity index (χ4n) is 1.37. The average Bonchev–Trinajstić information content (AvgIpc) is 2.16. The van der Waals surface area contributed by atoms with Crippen LogP contribution >= 0.6 is 0 Å². The number of rotatable bonds is 5. The van der Waals surface area contributed by atoms with Crippen molar-refractivity contribution in [2.45, 2.75) is 33.1 Å². The maximum atomic E-state index is 12.1. The van der Waals surface area contributed by atoms with Gasteiger partial charge in [0.15, 0.2) is 0 Å². The van der Waals surface area contributed by atoms with E-state index < -0.39 is 0 Å². The molecule has 0 aromatic rings. The first kappa shape index (κ1) is 15.1. The topological polar surface area (TPSA) is 26.8 Å². The average molecular weight is 227 g/mol. The molecule has 0 heterocycles. The summed E-state index contributed by atoms with van der Waals surface area (Å²) in [7, 11) is 7.86. The molecule has 0 saturated carbocycles. The molecule has 0 spiro atoms. The molecule has 0 fully saturated rings. The molecule has 0 aromatic carbocycles. The Morgan fingerprint density at radius 2 is 1.31 bits per heavy atom. The van der Waals surface area contributed by atoms with Gasteiger partial charge < -0.3 is 4.90 Å². The second kappa shape index (κ2) is 6.01. The highest BCUT2D eigenvalue weighted by Crippen LogP contribution is 2.13. The molecule has 94 valence electrons. The maximum absolute atomic E-state index is 12.1. The lowest BCUT2D eigenvalue weighted by molar-refractivity contribution is -0.139. The van der Waals surface area contributed by atoms with Gasteiger partial charge in [-0.05, 0) is 49.0 Å². The summed E-state index contributed by atoms with van der Waals surface area (Å²) in [6.07, 6.45) is 0.0863. The van der Waals surface area contributed by atoms with Gasteiger partial charge in [0.2, 0.25) is 0 Å². The molecule has 4 heteroatoms. The van der Waals surface area contributed by atoms with Gasteiger partial charge in [-0.1, -0.05) is 6.58 Å². The van der Waals surface area contributed by atoms with Crippen molar-refractivity contribution in [3.05, 3.63) is 12.2 Å². The normalized spacial score (nSPS) is 15.1.